The third kappa shape index (κ3) is 3.93. The topological polar surface area (TPSA) is 0 Å². The summed E-state index contributed by atoms with van der Waals surface area (Å²) in [4.78, 5) is 2.82. The molecule has 1 aliphatic rings. The number of thioether (sulfide) groups is 1. The van der Waals surface area contributed by atoms with Crippen molar-refractivity contribution in [2.45, 2.75) is 48.5 Å². The van der Waals surface area contributed by atoms with Crippen LogP contribution in [0.4, 0.5) is 0 Å². The molecule has 1 aliphatic heterocycles. The molecule has 0 aromatic carbocycles. The molecule has 0 bridgehead atoms. The van der Waals surface area contributed by atoms with Gasteiger partial charge in [-0.05, 0) is 50.9 Å². The second kappa shape index (κ2) is 5.46. The average Bonchev–Trinajstić information content (AvgIpc) is 2.35. The summed E-state index contributed by atoms with van der Waals surface area (Å²) in [5.41, 5.74) is 2.88. The maximum Gasteiger partial charge on any atom is 0.0476 e. The highest BCUT2D eigenvalue weighted by Crippen LogP contribution is 2.47. The first-order valence-corrected chi connectivity index (χ1v) is 7.78. The zero-order chi connectivity index (χ0) is 14.1. The fraction of sp³-hybridized carbons (Fsp3) is 0.625. The molecule has 0 amide bonds. The van der Waals surface area contributed by atoms with Gasteiger partial charge in [0.25, 0.3) is 0 Å². The van der Waals surface area contributed by atoms with Gasteiger partial charge in [0, 0.05) is 5.88 Å². The molecule has 0 saturated carbocycles. The number of alkyl halides is 1. The van der Waals surface area contributed by atoms with Crippen molar-refractivity contribution >= 4 is 23.4 Å². The summed E-state index contributed by atoms with van der Waals surface area (Å²) < 4.78 is 0. The monoisotopic (exact) mass is 284 g/mol. The Kier molecular flexibility index (Phi) is 4.83. The SMILES string of the molecule is CC1=C(CCl)C=C(C(C)(C)C)SC(C(C)(C)C)=C1. The molecule has 0 aliphatic carbocycles. The van der Waals surface area contributed by atoms with Crippen LogP contribution >= 0.6 is 23.4 Å². The van der Waals surface area contributed by atoms with Crippen LogP contribution in [-0.4, -0.2) is 5.88 Å². The van der Waals surface area contributed by atoms with Gasteiger partial charge >= 0.3 is 0 Å². The van der Waals surface area contributed by atoms with E-state index < -0.39 is 0 Å². The second-order valence-electron chi connectivity index (χ2n) is 6.96. The van der Waals surface area contributed by atoms with Gasteiger partial charge in [-0.1, -0.05) is 53.3 Å². The zero-order valence-corrected chi connectivity index (χ0v) is 14.2. The maximum atomic E-state index is 6.08. The van der Waals surface area contributed by atoms with E-state index in [9.17, 15) is 0 Å². The fourth-order valence-corrected chi connectivity index (χ4v) is 3.20. The highest BCUT2D eigenvalue weighted by Gasteiger charge is 2.26. The summed E-state index contributed by atoms with van der Waals surface area (Å²) in [6.45, 7) is 15.8. The van der Waals surface area contributed by atoms with Crippen molar-refractivity contribution in [2.24, 2.45) is 10.8 Å². The summed E-state index contributed by atoms with van der Waals surface area (Å²) >= 11 is 8.00. The van der Waals surface area contributed by atoms with Gasteiger partial charge in [0.15, 0.2) is 0 Å². The highest BCUT2D eigenvalue weighted by atomic mass is 35.5. The van der Waals surface area contributed by atoms with Crippen LogP contribution in [0.5, 0.6) is 0 Å². The van der Waals surface area contributed by atoms with Gasteiger partial charge in [-0.15, -0.1) is 11.6 Å². The predicted octanol–water partition coefficient (Wildman–Crippen LogP) is 6.15. The number of hydrogen-bond donors (Lipinski definition) is 0. The van der Waals surface area contributed by atoms with Crippen LogP contribution in [0.3, 0.4) is 0 Å². The molecule has 0 fully saturated rings. The van der Waals surface area contributed by atoms with Crippen molar-refractivity contribution < 1.29 is 0 Å². The molecule has 0 nitrogen and oxygen atoms in total. The van der Waals surface area contributed by atoms with Gasteiger partial charge in [0.05, 0.1) is 0 Å². The summed E-state index contributed by atoms with van der Waals surface area (Å²) in [5, 5.41) is 0. The molecule has 0 aromatic heterocycles. The third-order valence-corrected chi connectivity index (χ3v) is 5.19. The Bertz CT molecular complexity index is 411. The summed E-state index contributed by atoms with van der Waals surface area (Å²) in [6, 6.07) is 0. The van der Waals surface area contributed by atoms with E-state index in [-0.39, 0.29) is 10.8 Å². The van der Waals surface area contributed by atoms with Crippen molar-refractivity contribution in [3.63, 3.8) is 0 Å². The number of halogens is 1. The van der Waals surface area contributed by atoms with Gasteiger partial charge in [0.2, 0.25) is 0 Å². The molecule has 0 saturated heterocycles. The summed E-state index contributed by atoms with van der Waals surface area (Å²) in [5.74, 6) is 0.583. The van der Waals surface area contributed by atoms with Gasteiger partial charge < -0.3 is 0 Å². The Balaban J connectivity index is 3.33. The smallest absolute Gasteiger partial charge is 0.0476 e. The van der Waals surface area contributed by atoms with Crippen molar-refractivity contribution in [1.29, 1.82) is 0 Å². The third-order valence-electron chi connectivity index (χ3n) is 3.00. The first kappa shape index (κ1) is 15.9. The average molecular weight is 285 g/mol. The summed E-state index contributed by atoms with van der Waals surface area (Å²) in [7, 11) is 0. The van der Waals surface area contributed by atoms with E-state index >= 15 is 0 Å². The largest absolute Gasteiger partial charge is 0.122 e. The Morgan fingerprint density at radius 3 is 1.78 bits per heavy atom. The van der Waals surface area contributed by atoms with E-state index in [1.54, 1.807) is 0 Å². The van der Waals surface area contributed by atoms with Crippen molar-refractivity contribution in [2.75, 3.05) is 5.88 Å². The quantitative estimate of drug-likeness (QED) is 0.521. The van der Waals surface area contributed by atoms with E-state index in [2.05, 4.69) is 60.6 Å². The van der Waals surface area contributed by atoms with E-state index in [0.717, 1.165) is 0 Å². The highest BCUT2D eigenvalue weighted by molar-refractivity contribution is 8.06. The fourth-order valence-electron chi connectivity index (χ4n) is 1.62. The Morgan fingerprint density at radius 2 is 1.39 bits per heavy atom. The van der Waals surface area contributed by atoms with E-state index in [1.807, 2.05) is 11.8 Å². The van der Waals surface area contributed by atoms with Crippen LogP contribution in [0.15, 0.2) is 33.1 Å². The lowest BCUT2D eigenvalue weighted by atomic mass is 9.93. The first-order chi connectivity index (χ1) is 8.05. The van der Waals surface area contributed by atoms with Crippen LogP contribution in [-0.2, 0) is 0 Å². The maximum absolute atomic E-state index is 6.08. The lowest BCUT2D eigenvalue weighted by Crippen LogP contribution is -2.11. The van der Waals surface area contributed by atoms with Crippen LogP contribution in [0.1, 0.15) is 48.5 Å². The Hall–Kier alpha value is -0.140. The van der Waals surface area contributed by atoms with Crippen LogP contribution in [0, 0.1) is 10.8 Å². The van der Waals surface area contributed by atoms with Crippen molar-refractivity contribution in [3.05, 3.63) is 33.1 Å². The molecule has 0 N–H and O–H groups in total. The van der Waals surface area contributed by atoms with Gasteiger partial charge in [-0.3, -0.25) is 0 Å². The Morgan fingerprint density at radius 1 is 0.944 bits per heavy atom. The van der Waals surface area contributed by atoms with Crippen molar-refractivity contribution in [3.8, 4) is 0 Å². The molecule has 18 heavy (non-hydrogen) atoms. The molecular weight excluding hydrogens is 260 g/mol. The minimum absolute atomic E-state index is 0.164. The molecule has 0 atom stereocenters. The molecular formula is C16H25ClS. The molecule has 1 rings (SSSR count). The lowest BCUT2D eigenvalue weighted by Gasteiger charge is -2.28. The first-order valence-electron chi connectivity index (χ1n) is 6.43. The molecule has 1 heterocycles. The van der Waals surface area contributed by atoms with Gasteiger partial charge in [-0.25, -0.2) is 0 Å². The van der Waals surface area contributed by atoms with Crippen molar-refractivity contribution in [1.82, 2.24) is 0 Å². The predicted molar refractivity (Wildman–Crippen MR) is 86.1 cm³/mol. The molecule has 0 spiro atoms. The number of hydrogen-bond acceptors (Lipinski definition) is 1. The van der Waals surface area contributed by atoms with E-state index in [1.165, 1.54) is 21.0 Å². The molecule has 0 aromatic rings. The van der Waals surface area contributed by atoms with E-state index in [0.29, 0.717) is 5.88 Å². The van der Waals surface area contributed by atoms with Crippen LogP contribution in [0.25, 0.3) is 0 Å². The standard InChI is InChI=1S/C16H25ClS/c1-11-8-13(15(2,3)4)18-14(16(5,6)7)9-12(11)10-17/h8-9H,10H2,1-7H3. The zero-order valence-electron chi connectivity index (χ0n) is 12.6. The second-order valence-corrected chi connectivity index (χ2v) is 8.31. The lowest BCUT2D eigenvalue weighted by molar-refractivity contribution is 0.524. The number of rotatable bonds is 1. The molecule has 0 radical (unpaired) electrons. The van der Waals surface area contributed by atoms with Gasteiger partial charge in [-0.2, -0.15) is 0 Å². The molecule has 102 valence electrons. The van der Waals surface area contributed by atoms with Gasteiger partial charge in [0.1, 0.15) is 0 Å². The van der Waals surface area contributed by atoms with Crippen LogP contribution < -0.4 is 0 Å². The minimum Gasteiger partial charge on any atom is -0.122 e. The normalized spacial score (nSPS) is 18.4. The minimum atomic E-state index is 0.164. The molecule has 2 heteroatoms. The number of allylic oxidation sites excluding steroid dienone is 6. The summed E-state index contributed by atoms with van der Waals surface area (Å²) in [6.07, 6.45) is 4.58. The van der Waals surface area contributed by atoms with Crippen LogP contribution in [0.2, 0.25) is 0 Å². The Labute approximate surface area is 122 Å². The van der Waals surface area contributed by atoms with E-state index in [4.69, 9.17) is 11.6 Å². The molecule has 0 unspecified atom stereocenters.